The van der Waals surface area contributed by atoms with E-state index < -0.39 is 49.5 Å². The van der Waals surface area contributed by atoms with Gasteiger partial charge in [-0.1, -0.05) is 365 Å². The Bertz CT molecular complexity index is 1640. The maximum atomic E-state index is 13.0. The second-order valence-corrected chi connectivity index (χ2v) is 28.5. The number of hydrogen-bond acceptors (Lipinski definition) is 10. The minimum atomic E-state index is -1.57. The Morgan fingerprint density at radius 1 is 0.387 bits per heavy atom. The molecular formula is C82H155NO10. The standard InChI is InChI=1S/C82H155NO10/c1-3-5-7-9-11-13-15-16-17-44-47-50-54-58-62-66-70-78(87)91-71-67-63-59-55-51-48-45-42-40-38-36-34-32-30-28-26-24-22-20-18-19-21-23-25-27-29-31-33-35-37-39-41-43-46-49-53-57-61-65-69-77(86)83-74(73-92-82-81(90)80(89)79(88)76(72-84)93-82)75(85)68-64-60-56-52-14-12-10-8-6-4-2/h14,18-19,52,64,68,74-76,79-82,84-85,88-90H,3-13,15-17,20-51,53-63,65-67,69-73H2,1-2H3,(H,83,86)/b19-18-,52-14+,68-64+. The molecular weight excluding hydrogens is 1160 g/mol. The van der Waals surface area contributed by atoms with E-state index in [4.69, 9.17) is 14.2 Å². The first-order chi connectivity index (χ1) is 45.7. The van der Waals surface area contributed by atoms with E-state index >= 15 is 0 Å². The fraction of sp³-hybridized carbons (Fsp3) is 0.902. The Balaban J connectivity index is 1.85. The summed E-state index contributed by atoms with van der Waals surface area (Å²) in [5.74, 6) is -0.167. The Labute approximate surface area is 574 Å². The van der Waals surface area contributed by atoms with E-state index in [1.807, 2.05) is 6.08 Å². The summed E-state index contributed by atoms with van der Waals surface area (Å²) in [5, 5.41) is 54.4. The van der Waals surface area contributed by atoms with E-state index in [0.29, 0.717) is 19.4 Å². The predicted octanol–water partition coefficient (Wildman–Crippen LogP) is 22.1. The molecule has 0 saturated carbocycles. The van der Waals surface area contributed by atoms with Crippen LogP contribution in [0.3, 0.4) is 0 Å². The molecule has 7 unspecified atom stereocenters. The van der Waals surface area contributed by atoms with Crippen molar-refractivity contribution in [1.82, 2.24) is 5.32 Å². The van der Waals surface area contributed by atoms with Gasteiger partial charge in [0.15, 0.2) is 6.29 Å². The van der Waals surface area contributed by atoms with Gasteiger partial charge < -0.3 is 45.1 Å². The van der Waals surface area contributed by atoms with Crippen LogP contribution in [-0.4, -0.2) is 100 Å². The summed E-state index contributed by atoms with van der Waals surface area (Å²) >= 11 is 0. The number of amides is 1. The van der Waals surface area contributed by atoms with Crippen LogP contribution in [0.25, 0.3) is 0 Å². The lowest BCUT2D eigenvalue weighted by Gasteiger charge is -2.40. The number of esters is 1. The normalized spacial score (nSPS) is 17.6. The molecule has 548 valence electrons. The van der Waals surface area contributed by atoms with Crippen LogP contribution in [0.1, 0.15) is 412 Å². The number of carbonyl (C=O) groups is 2. The van der Waals surface area contributed by atoms with E-state index in [0.717, 1.165) is 51.4 Å². The van der Waals surface area contributed by atoms with Gasteiger partial charge in [0.2, 0.25) is 5.91 Å². The van der Waals surface area contributed by atoms with Crippen LogP contribution in [-0.2, 0) is 23.8 Å². The SMILES string of the molecule is CCCCCC/C=C/CC/C=C/C(O)C(COC1OC(CO)C(O)C(O)C1O)NC(=O)CCCCCCCCCCCCCCCCCCC/C=C\CCCCCCCCCCCCCCCCCCCCOC(=O)CCCCCCCCCCCCCCCCCC. The molecule has 11 heteroatoms. The first-order valence-electron chi connectivity index (χ1n) is 40.8. The Kier molecular flexibility index (Phi) is 68.0. The van der Waals surface area contributed by atoms with Crippen LogP contribution >= 0.6 is 0 Å². The summed E-state index contributed by atoms with van der Waals surface area (Å²) in [6, 6.07) is -0.823. The average molecular weight is 1320 g/mol. The second-order valence-electron chi connectivity index (χ2n) is 28.5. The molecule has 0 aromatic rings. The molecule has 0 bridgehead atoms. The number of carbonyl (C=O) groups excluding carboxylic acids is 2. The van der Waals surface area contributed by atoms with Gasteiger partial charge in [0.25, 0.3) is 0 Å². The minimum Gasteiger partial charge on any atom is -0.466 e. The molecule has 1 aliphatic heterocycles. The summed E-state index contributed by atoms with van der Waals surface area (Å²) < 4.78 is 16.7. The molecule has 0 spiro atoms. The number of ether oxygens (including phenoxy) is 3. The van der Waals surface area contributed by atoms with Gasteiger partial charge in [0.1, 0.15) is 24.4 Å². The zero-order chi connectivity index (χ0) is 67.2. The third-order valence-corrected chi connectivity index (χ3v) is 19.5. The van der Waals surface area contributed by atoms with E-state index in [-0.39, 0.29) is 18.5 Å². The van der Waals surface area contributed by atoms with Gasteiger partial charge in [-0.15, -0.1) is 0 Å². The number of aliphatic hydroxyl groups is 5. The number of hydrogen-bond donors (Lipinski definition) is 6. The highest BCUT2D eigenvalue weighted by molar-refractivity contribution is 5.76. The molecule has 1 amide bonds. The summed E-state index contributed by atoms with van der Waals surface area (Å²) in [6.45, 7) is 4.35. The number of rotatable bonds is 73. The van der Waals surface area contributed by atoms with Gasteiger partial charge in [-0.25, -0.2) is 0 Å². The predicted molar refractivity (Wildman–Crippen MR) is 394 cm³/mol. The van der Waals surface area contributed by atoms with Crippen LogP contribution in [0.5, 0.6) is 0 Å². The molecule has 0 radical (unpaired) electrons. The van der Waals surface area contributed by atoms with Gasteiger partial charge in [0, 0.05) is 12.8 Å². The molecule has 11 nitrogen and oxygen atoms in total. The van der Waals surface area contributed by atoms with Crippen LogP contribution < -0.4 is 5.32 Å². The molecule has 0 aromatic carbocycles. The third-order valence-electron chi connectivity index (χ3n) is 19.5. The van der Waals surface area contributed by atoms with Gasteiger partial charge in [-0.3, -0.25) is 9.59 Å². The zero-order valence-corrected chi connectivity index (χ0v) is 61.2. The average Bonchev–Trinajstić information content (AvgIpc) is 0.887. The number of aliphatic hydroxyl groups excluding tert-OH is 5. The van der Waals surface area contributed by atoms with E-state index in [9.17, 15) is 35.1 Å². The third kappa shape index (κ3) is 59.6. The molecule has 1 aliphatic rings. The topological polar surface area (TPSA) is 175 Å². The molecule has 0 aliphatic carbocycles. The monoisotopic (exact) mass is 1310 g/mol. The maximum absolute atomic E-state index is 13.0. The Morgan fingerprint density at radius 3 is 1.08 bits per heavy atom. The van der Waals surface area contributed by atoms with Crippen molar-refractivity contribution in [1.29, 1.82) is 0 Å². The van der Waals surface area contributed by atoms with Gasteiger partial charge in [-0.2, -0.15) is 0 Å². The largest absolute Gasteiger partial charge is 0.466 e. The van der Waals surface area contributed by atoms with E-state index in [1.54, 1.807) is 6.08 Å². The fourth-order valence-corrected chi connectivity index (χ4v) is 13.1. The van der Waals surface area contributed by atoms with Crippen LogP contribution in [0.2, 0.25) is 0 Å². The summed E-state index contributed by atoms with van der Waals surface area (Å²) in [6.07, 6.45) is 83.5. The quantitative estimate of drug-likeness (QED) is 0.0195. The molecule has 6 N–H and O–H groups in total. The lowest BCUT2D eigenvalue weighted by Crippen LogP contribution is -2.60. The maximum Gasteiger partial charge on any atom is 0.305 e. The number of allylic oxidation sites excluding steroid dienone is 5. The molecule has 1 fully saturated rings. The Morgan fingerprint density at radius 2 is 0.699 bits per heavy atom. The van der Waals surface area contributed by atoms with E-state index in [1.165, 1.54) is 334 Å². The minimum absolute atomic E-state index is 0.0208. The first-order valence-corrected chi connectivity index (χ1v) is 40.8. The second kappa shape index (κ2) is 71.2. The van der Waals surface area contributed by atoms with Crippen LogP contribution in [0.15, 0.2) is 36.5 Å². The van der Waals surface area contributed by atoms with Crippen molar-refractivity contribution in [3.05, 3.63) is 36.5 Å². The van der Waals surface area contributed by atoms with Crippen molar-refractivity contribution < 1.29 is 49.3 Å². The first kappa shape index (κ1) is 88.9. The van der Waals surface area contributed by atoms with Crippen molar-refractivity contribution in [3.8, 4) is 0 Å². The van der Waals surface area contributed by atoms with Gasteiger partial charge >= 0.3 is 5.97 Å². The highest BCUT2D eigenvalue weighted by Crippen LogP contribution is 2.24. The van der Waals surface area contributed by atoms with Crippen LogP contribution in [0, 0.1) is 0 Å². The Hall–Kier alpha value is -2.12. The molecule has 7 atom stereocenters. The van der Waals surface area contributed by atoms with Crippen molar-refractivity contribution in [2.45, 2.75) is 455 Å². The van der Waals surface area contributed by atoms with Gasteiger partial charge in [-0.05, 0) is 70.6 Å². The highest BCUT2D eigenvalue weighted by Gasteiger charge is 2.44. The highest BCUT2D eigenvalue weighted by atomic mass is 16.7. The molecule has 93 heavy (non-hydrogen) atoms. The fourth-order valence-electron chi connectivity index (χ4n) is 13.1. The zero-order valence-electron chi connectivity index (χ0n) is 61.2. The molecule has 1 heterocycles. The molecule has 1 rings (SSSR count). The lowest BCUT2D eigenvalue weighted by atomic mass is 9.99. The number of unbranched alkanes of at least 4 members (excludes halogenated alkanes) is 55. The van der Waals surface area contributed by atoms with Crippen molar-refractivity contribution >= 4 is 11.9 Å². The smallest absolute Gasteiger partial charge is 0.305 e. The van der Waals surface area contributed by atoms with Crippen molar-refractivity contribution in [2.24, 2.45) is 0 Å². The summed E-state index contributed by atoms with van der Waals surface area (Å²) in [7, 11) is 0. The van der Waals surface area contributed by atoms with E-state index in [2.05, 4.69) is 43.5 Å². The van der Waals surface area contributed by atoms with Crippen molar-refractivity contribution in [2.75, 3.05) is 19.8 Å². The molecule has 1 saturated heterocycles. The lowest BCUT2D eigenvalue weighted by molar-refractivity contribution is -0.302. The van der Waals surface area contributed by atoms with Crippen molar-refractivity contribution in [3.63, 3.8) is 0 Å². The van der Waals surface area contributed by atoms with Crippen LogP contribution in [0.4, 0.5) is 0 Å². The number of nitrogens with one attached hydrogen (secondary N) is 1. The molecule has 0 aromatic heterocycles. The summed E-state index contributed by atoms with van der Waals surface area (Å²) in [4.78, 5) is 25.2. The van der Waals surface area contributed by atoms with Gasteiger partial charge in [0.05, 0.1) is 32.0 Å². The summed E-state index contributed by atoms with van der Waals surface area (Å²) in [5.41, 5.74) is 0.